The Morgan fingerprint density at radius 1 is 0.966 bits per heavy atom. The van der Waals surface area contributed by atoms with Crippen LogP contribution in [0.2, 0.25) is 0 Å². The molecule has 1 aliphatic rings. The molecule has 152 valence electrons. The summed E-state index contributed by atoms with van der Waals surface area (Å²) in [7, 11) is 0. The molecule has 1 aliphatic heterocycles. The van der Waals surface area contributed by atoms with Crippen molar-refractivity contribution in [1.82, 2.24) is 10.2 Å². The van der Waals surface area contributed by atoms with Gasteiger partial charge in [-0.2, -0.15) is 0 Å². The van der Waals surface area contributed by atoms with Crippen molar-refractivity contribution in [3.8, 4) is 0 Å². The lowest BCUT2D eigenvalue weighted by Crippen LogP contribution is -2.34. The van der Waals surface area contributed by atoms with E-state index >= 15 is 0 Å². The van der Waals surface area contributed by atoms with E-state index in [0.717, 1.165) is 31.5 Å². The standard InChI is InChI=1S/C23H27N3O2S/c1-23(2,3)18-11-9-16(10-12-18)20(27)25-22(29)24-19-8-6-7-17(15-19)21(28)26-13-4-5-14-26/h6-12,15H,4-5,13-14H2,1-3H3,(H2,24,25,27,29). The monoisotopic (exact) mass is 409 g/mol. The molecule has 0 saturated carbocycles. The van der Waals surface area contributed by atoms with Gasteiger partial charge in [-0.3, -0.25) is 14.9 Å². The first-order valence-electron chi connectivity index (χ1n) is 9.86. The van der Waals surface area contributed by atoms with Crippen LogP contribution in [0.5, 0.6) is 0 Å². The van der Waals surface area contributed by atoms with Gasteiger partial charge >= 0.3 is 0 Å². The lowest BCUT2D eigenvalue weighted by Gasteiger charge is -2.19. The maximum atomic E-state index is 12.5. The largest absolute Gasteiger partial charge is 0.339 e. The van der Waals surface area contributed by atoms with Gasteiger partial charge in [0.25, 0.3) is 11.8 Å². The number of carbonyl (C=O) groups is 2. The van der Waals surface area contributed by atoms with Gasteiger partial charge in [0, 0.05) is 29.9 Å². The van der Waals surface area contributed by atoms with Crippen LogP contribution in [0.25, 0.3) is 0 Å². The Balaban J connectivity index is 1.61. The Morgan fingerprint density at radius 3 is 2.24 bits per heavy atom. The van der Waals surface area contributed by atoms with Crippen LogP contribution in [0.4, 0.5) is 5.69 Å². The zero-order valence-corrected chi connectivity index (χ0v) is 17.9. The van der Waals surface area contributed by atoms with E-state index in [-0.39, 0.29) is 22.3 Å². The minimum absolute atomic E-state index is 0.0278. The van der Waals surface area contributed by atoms with Crippen molar-refractivity contribution in [2.24, 2.45) is 0 Å². The molecule has 1 heterocycles. The van der Waals surface area contributed by atoms with Gasteiger partial charge < -0.3 is 10.2 Å². The zero-order chi connectivity index (χ0) is 21.0. The fourth-order valence-electron chi connectivity index (χ4n) is 3.29. The molecule has 0 radical (unpaired) electrons. The summed E-state index contributed by atoms with van der Waals surface area (Å²) in [5.74, 6) is -0.243. The topological polar surface area (TPSA) is 61.4 Å². The van der Waals surface area contributed by atoms with Crippen LogP contribution in [0.3, 0.4) is 0 Å². The maximum absolute atomic E-state index is 12.5. The SMILES string of the molecule is CC(C)(C)c1ccc(C(=O)NC(=S)Nc2cccc(C(=O)N3CCCC3)c2)cc1. The van der Waals surface area contributed by atoms with Crippen LogP contribution in [0.1, 0.15) is 59.9 Å². The number of amides is 2. The molecule has 29 heavy (non-hydrogen) atoms. The van der Waals surface area contributed by atoms with Crippen LogP contribution in [-0.2, 0) is 5.41 Å². The molecule has 1 saturated heterocycles. The van der Waals surface area contributed by atoms with Crippen LogP contribution in [0.15, 0.2) is 48.5 Å². The predicted molar refractivity (Wildman–Crippen MR) is 120 cm³/mol. The molecule has 2 aromatic carbocycles. The molecule has 2 aromatic rings. The predicted octanol–water partition coefficient (Wildman–Crippen LogP) is 4.35. The average Bonchev–Trinajstić information content (AvgIpc) is 3.21. The van der Waals surface area contributed by atoms with E-state index in [1.54, 1.807) is 30.3 Å². The highest BCUT2D eigenvalue weighted by atomic mass is 32.1. The molecular weight excluding hydrogens is 382 g/mol. The maximum Gasteiger partial charge on any atom is 0.257 e. The number of nitrogens with zero attached hydrogens (tertiary/aromatic N) is 1. The summed E-state index contributed by atoms with van der Waals surface area (Å²) in [6.45, 7) is 8.00. The normalized spacial score (nSPS) is 13.8. The third kappa shape index (κ3) is 5.41. The van der Waals surface area contributed by atoms with Crippen LogP contribution in [0, 0.1) is 0 Å². The van der Waals surface area contributed by atoms with Crippen molar-refractivity contribution >= 4 is 34.8 Å². The Kier molecular flexibility index (Phi) is 6.33. The fourth-order valence-corrected chi connectivity index (χ4v) is 3.50. The summed E-state index contributed by atoms with van der Waals surface area (Å²) >= 11 is 5.28. The van der Waals surface area contributed by atoms with E-state index in [4.69, 9.17) is 12.2 Å². The summed E-state index contributed by atoms with van der Waals surface area (Å²) in [5.41, 5.74) is 3.02. The Morgan fingerprint density at radius 2 is 1.62 bits per heavy atom. The van der Waals surface area contributed by atoms with Gasteiger partial charge in [-0.1, -0.05) is 39.0 Å². The summed E-state index contributed by atoms with van der Waals surface area (Å²) in [4.78, 5) is 26.9. The second-order valence-electron chi connectivity index (χ2n) is 8.32. The third-order valence-electron chi connectivity index (χ3n) is 5.00. The molecule has 5 nitrogen and oxygen atoms in total. The number of benzene rings is 2. The van der Waals surface area contributed by atoms with E-state index in [2.05, 4.69) is 31.4 Å². The van der Waals surface area contributed by atoms with Crippen molar-refractivity contribution in [3.05, 3.63) is 65.2 Å². The molecular formula is C23H27N3O2S. The average molecular weight is 410 g/mol. The lowest BCUT2D eigenvalue weighted by atomic mass is 9.87. The highest BCUT2D eigenvalue weighted by Crippen LogP contribution is 2.22. The van der Waals surface area contributed by atoms with Crippen molar-refractivity contribution in [1.29, 1.82) is 0 Å². The number of carbonyl (C=O) groups excluding carboxylic acids is 2. The summed E-state index contributed by atoms with van der Waals surface area (Å²) < 4.78 is 0. The summed E-state index contributed by atoms with van der Waals surface area (Å²) in [6.07, 6.45) is 2.10. The molecule has 3 rings (SSSR count). The summed E-state index contributed by atoms with van der Waals surface area (Å²) in [6, 6.07) is 14.7. The first-order chi connectivity index (χ1) is 13.7. The van der Waals surface area contributed by atoms with Crippen molar-refractivity contribution in [2.75, 3.05) is 18.4 Å². The number of hydrogen-bond donors (Lipinski definition) is 2. The molecule has 0 unspecified atom stereocenters. The second-order valence-corrected chi connectivity index (χ2v) is 8.72. The van der Waals surface area contributed by atoms with E-state index in [1.807, 2.05) is 23.1 Å². The first-order valence-corrected chi connectivity index (χ1v) is 10.3. The Hall–Kier alpha value is -2.73. The number of hydrogen-bond acceptors (Lipinski definition) is 3. The molecule has 0 atom stereocenters. The van der Waals surface area contributed by atoms with Gasteiger partial charge in [-0.25, -0.2) is 0 Å². The summed E-state index contributed by atoms with van der Waals surface area (Å²) in [5, 5.41) is 5.88. The van der Waals surface area contributed by atoms with E-state index in [9.17, 15) is 9.59 Å². The van der Waals surface area contributed by atoms with Gasteiger partial charge in [0.2, 0.25) is 0 Å². The molecule has 0 spiro atoms. The van der Waals surface area contributed by atoms with Crippen molar-refractivity contribution < 1.29 is 9.59 Å². The molecule has 0 bridgehead atoms. The number of likely N-dealkylation sites (tertiary alicyclic amines) is 1. The Labute approximate surface area is 177 Å². The number of rotatable bonds is 3. The first kappa shape index (κ1) is 21.0. The molecule has 0 aliphatic carbocycles. The van der Waals surface area contributed by atoms with Crippen molar-refractivity contribution in [3.63, 3.8) is 0 Å². The quantitative estimate of drug-likeness (QED) is 0.740. The van der Waals surface area contributed by atoms with Gasteiger partial charge in [-0.05, 0) is 66.4 Å². The third-order valence-corrected chi connectivity index (χ3v) is 5.20. The highest BCUT2D eigenvalue weighted by molar-refractivity contribution is 7.80. The van der Waals surface area contributed by atoms with E-state index < -0.39 is 0 Å². The van der Waals surface area contributed by atoms with Crippen LogP contribution < -0.4 is 10.6 Å². The smallest absolute Gasteiger partial charge is 0.257 e. The highest BCUT2D eigenvalue weighted by Gasteiger charge is 2.20. The van der Waals surface area contributed by atoms with E-state index in [1.165, 1.54) is 0 Å². The molecule has 0 aromatic heterocycles. The fraction of sp³-hybridized carbons (Fsp3) is 0.348. The van der Waals surface area contributed by atoms with E-state index in [0.29, 0.717) is 16.8 Å². The molecule has 6 heteroatoms. The van der Waals surface area contributed by atoms with Crippen LogP contribution >= 0.6 is 12.2 Å². The lowest BCUT2D eigenvalue weighted by molar-refractivity contribution is 0.0792. The number of anilines is 1. The minimum atomic E-state index is -0.271. The Bertz CT molecular complexity index is 910. The number of nitrogens with one attached hydrogen (secondary N) is 2. The second kappa shape index (κ2) is 8.74. The molecule has 2 N–H and O–H groups in total. The van der Waals surface area contributed by atoms with Crippen LogP contribution in [-0.4, -0.2) is 34.9 Å². The van der Waals surface area contributed by atoms with Gasteiger partial charge in [0.15, 0.2) is 5.11 Å². The van der Waals surface area contributed by atoms with Gasteiger partial charge in [0.1, 0.15) is 0 Å². The molecule has 1 fully saturated rings. The molecule has 2 amide bonds. The van der Waals surface area contributed by atoms with Crippen molar-refractivity contribution in [2.45, 2.75) is 39.0 Å². The number of thiocarbonyl (C=S) groups is 1. The minimum Gasteiger partial charge on any atom is -0.339 e. The van der Waals surface area contributed by atoms with Gasteiger partial charge in [-0.15, -0.1) is 0 Å². The zero-order valence-electron chi connectivity index (χ0n) is 17.1. The van der Waals surface area contributed by atoms with Gasteiger partial charge in [0.05, 0.1) is 0 Å².